The molecule has 138 valence electrons. The van der Waals surface area contributed by atoms with E-state index in [1.165, 1.54) is 57.8 Å². The van der Waals surface area contributed by atoms with Gasteiger partial charge in [0.1, 0.15) is 0 Å². The number of hydrogen-bond donors (Lipinski definition) is 1. The van der Waals surface area contributed by atoms with Crippen molar-refractivity contribution in [3.05, 3.63) is 0 Å². The Morgan fingerprint density at radius 3 is 2.38 bits per heavy atom. The lowest BCUT2D eigenvalue weighted by Gasteiger charge is -2.63. The fourth-order valence-corrected chi connectivity index (χ4v) is 8.72. The molecule has 0 aromatic rings. The van der Waals surface area contributed by atoms with Gasteiger partial charge in [0.15, 0.2) is 0 Å². The van der Waals surface area contributed by atoms with Gasteiger partial charge in [-0.2, -0.15) is 0 Å². The summed E-state index contributed by atoms with van der Waals surface area (Å²) in [5, 5.41) is 10.7. The van der Waals surface area contributed by atoms with Crippen LogP contribution < -0.4 is 0 Å². The minimum atomic E-state index is -0.389. The Morgan fingerprint density at radius 2 is 1.67 bits per heavy atom. The van der Waals surface area contributed by atoms with Crippen LogP contribution >= 0.6 is 0 Å². The van der Waals surface area contributed by atoms with Gasteiger partial charge in [0, 0.05) is 0 Å². The molecular weight excluding hydrogens is 292 g/mol. The summed E-state index contributed by atoms with van der Waals surface area (Å²) in [4.78, 5) is 0. The van der Waals surface area contributed by atoms with Crippen molar-refractivity contribution in [2.75, 3.05) is 0 Å². The molecule has 1 nitrogen and oxygen atoms in total. The molecule has 4 aliphatic carbocycles. The third-order valence-corrected chi connectivity index (χ3v) is 10.00. The highest BCUT2D eigenvalue weighted by atomic mass is 16.3. The van der Waals surface area contributed by atoms with Crippen molar-refractivity contribution in [3.8, 4) is 0 Å². The maximum Gasteiger partial charge on any atom is 0.0622 e. The van der Waals surface area contributed by atoms with E-state index in [1.54, 1.807) is 0 Å². The molecule has 24 heavy (non-hydrogen) atoms. The first kappa shape index (κ1) is 17.4. The predicted octanol–water partition coefficient (Wildman–Crippen LogP) is 6.20. The fraction of sp³-hybridized carbons (Fsp3) is 1.00. The topological polar surface area (TPSA) is 20.2 Å². The molecule has 0 amide bonds. The second-order valence-electron chi connectivity index (χ2n) is 10.7. The summed E-state index contributed by atoms with van der Waals surface area (Å²) in [5.74, 6) is 4.75. The van der Waals surface area contributed by atoms with E-state index in [4.69, 9.17) is 0 Å². The molecule has 0 aromatic carbocycles. The summed E-state index contributed by atoms with van der Waals surface area (Å²) in [6.07, 6.45) is 15.0. The van der Waals surface area contributed by atoms with Crippen molar-refractivity contribution >= 4 is 0 Å². The molecular formula is C23H40O. The van der Waals surface area contributed by atoms with Gasteiger partial charge in [0.05, 0.1) is 5.60 Å². The number of rotatable bonds is 2. The Balaban J connectivity index is 1.63. The van der Waals surface area contributed by atoms with Crippen molar-refractivity contribution in [2.24, 2.45) is 40.4 Å². The minimum absolute atomic E-state index is 0.389. The van der Waals surface area contributed by atoms with Gasteiger partial charge in [-0.25, -0.2) is 0 Å². The molecule has 4 rings (SSSR count). The summed E-state index contributed by atoms with van der Waals surface area (Å²) < 4.78 is 0. The summed E-state index contributed by atoms with van der Waals surface area (Å²) in [6.45, 7) is 9.65. The Bertz CT molecular complexity index is 482. The normalized spacial score (nSPS) is 57.1. The molecule has 4 fully saturated rings. The average Bonchev–Trinajstić information content (AvgIpc) is 2.90. The summed E-state index contributed by atoms with van der Waals surface area (Å²) in [6, 6.07) is 0. The van der Waals surface area contributed by atoms with Gasteiger partial charge in [-0.1, -0.05) is 27.2 Å². The highest BCUT2D eigenvalue weighted by molar-refractivity contribution is 5.10. The lowest BCUT2D eigenvalue weighted by Crippen LogP contribution is -2.56. The second-order valence-corrected chi connectivity index (χ2v) is 10.7. The zero-order valence-corrected chi connectivity index (χ0v) is 16.6. The van der Waals surface area contributed by atoms with Crippen LogP contribution in [-0.2, 0) is 0 Å². The molecule has 8 atom stereocenters. The van der Waals surface area contributed by atoms with Gasteiger partial charge >= 0.3 is 0 Å². The van der Waals surface area contributed by atoms with Crippen LogP contribution in [0.4, 0.5) is 0 Å². The number of aliphatic hydroxyl groups is 1. The standard InChI is InChI=1S/C23H40O/c1-5-16-8-10-19-18-9-7-17-15-21(3,24)13-14-23(17,6-2)20(18)11-12-22(16,19)4/h16-20,24H,5-15H2,1-4H3/t16-,17+,18-,19-,20-,21+,22+,23-/m0/s1. The Hall–Kier alpha value is -0.0400. The van der Waals surface area contributed by atoms with Crippen LogP contribution in [0.1, 0.15) is 98.3 Å². The SMILES string of the molecule is CC[C@H]1CC[C@H]2[C@@H]3CC[C@@H]4C[C@](C)(O)CC[C@]4(CC)[C@H]3CC[C@]12C. The van der Waals surface area contributed by atoms with E-state index < -0.39 is 0 Å². The van der Waals surface area contributed by atoms with Crippen molar-refractivity contribution in [3.63, 3.8) is 0 Å². The highest BCUT2D eigenvalue weighted by Crippen LogP contribution is 2.69. The van der Waals surface area contributed by atoms with Gasteiger partial charge in [-0.15, -0.1) is 0 Å². The molecule has 0 saturated heterocycles. The first-order chi connectivity index (χ1) is 11.4. The van der Waals surface area contributed by atoms with Crippen LogP contribution in [0.2, 0.25) is 0 Å². The Kier molecular flexibility index (Phi) is 4.15. The Morgan fingerprint density at radius 1 is 0.875 bits per heavy atom. The van der Waals surface area contributed by atoms with E-state index in [1.807, 2.05) is 0 Å². The van der Waals surface area contributed by atoms with Crippen LogP contribution in [0.3, 0.4) is 0 Å². The van der Waals surface area contributed by atoms with Gasteiger partial charge in [-0.3, -0.25) is 0 Å². The predicted molar refractivity (Wildman–Crippen MR) is 101 cm³/mol. The van der Waals surface area contributed by atoms with Crippen LogP contribution in [0.25, 0.3) is 0 Å². The fourth-order valence-electron chi connectivity index (χ4n) is 8.72. The molecule has 0 bridgehead atoms. The molecule has 0 radical (unpaired) electrons. The Labute approximate surface area is 150 Å². The van der Waals surface area contributed by atoms with E-state index in [9.17, 15) is 5.11 Å². The molecule has 0 aromatic heterocycles. The molecule has 1 heteroatoms. The molecule has 0 aliphatic heterocycles. The molecule has 0 spiro atoms. The third-order valence-electron chi connectivity index (χ3n) is 10.00. The van der Waals surface area contributed by atoms with Crippen LogP contribution in [0.15, 0.2) is 0 Å². The average molecular weight is 333 g/mol. The first-order valence-electron chi connectivity index (χ1n) is 11.1. The summed E-state index contributed by atoms with van der Waals surface area (Å²) in [7, 11) is 0. The number of fused-ring (bicyclic) bond motifs is 5. The lowest BCUT2D eigenvalue weighted by atomic mass is 9.43. The van der Waals surface area contributed by atoms with Crippen molar-refractivity contribution in [1.82, 2.24) is 0 Å². The maximum atomic E-state index is 10.7. The van der Waals surface area contributed by atoms with E-state index in [2.05, 4.69) is 27.7 Å². The lowest BCUT2D eigenvalue weighted by molar-refractivity contribution is -0.155. The quantitative estimate of drug-likeness (QED) is 0.638. The van der Waals surface area contributed by atoms with Crippen molar-refractivity contribution < 1.29 is 5.11 Å². The smallest absolute Gasteiger partial charge is 0.0622 e. The van der Waals surface area contributed by atoms with Gasteiger partial charge < -0.3 is 5.11 Å². The zero-order chi connectivity index (χ0) is 17.2. The van der Waals surface area contributed by atoms with Crippen LogP contribution in [-0.4, -0.2) is 10.7 Å². The van der Waals surface area contributed by atoms with Crippen LogP contribution in [0, 0.1) is 40.4 Å². The second kappa shape index (κ2) is 5.73. The van der Waals surface area contributed by atoms with E-state index >= 15 is 0 Å². The van der Waals surface area contributed by atoms with Gasteiger partial charge in [-0.05, 0) is 112 Å². The highest BCUT2D eigenvalue weighted by Gasteiger charge is 2.61. The zero-order valence-electron chi connectivity index (χ0n) is 16.6. The van der Waals surface area contributed by atoms with E-state index in [0.29, 0.717) is 10.8 Å². The van der Waals surface area contributed by atoms with E-state index in [0.717, 1.165) is 42.4 Å². The van der Waals surface area contributed by atoms with Crippen molar-refractivity contribution in [2.45, 2.75) is 104 Å². The summed E-state index contributed by atoms with van der Waals surface area (Å²) >= 11 is 0. The monoisotopic (exact) mass is 332 g/mol. The maximum absolute atomic E-state index is 10.7. The molecule has 1 N–H and O–H groups in total. The largest absolute Gasteiger partial charge is 0.390 e. The number of hydrogen-bond acceptors (Lipinski definition) is 1. The van der Waals surface area contributed by atoms with E-state index in [-0.39, 0.29) is 5.60 Å². The molecule has 0 heterocycles. The first-order valence-corrected chi connectivity index (χ1v) is 11.1. The molecule has 4 saturated carbocycles. The van der Waals surface area contributed by atoms with Crippen molar-refractivity contribution in [1.29, 1.82) is 0 Å². The van der Waals surface area contributed by atoms with Gasteiger partial charge in [0.2, 0.25) is 0 Å². The minimum Gasteiger partial charge on any atom is -0.390 e. The molecule has 4 aliphatic rings. The third kappa shape index (κ3) is 2.29. The summed E-state index contributed by atoms with van der Waals surface area (Å²) in [5.41, 5.74) is 0.828. The molecule has 0 unspecified atom stereocenters. The van der Waals surface area contributed by atoms with Crippen LogP contribution in [0.5, 0.6) is 0 Å². The van der Waals surface area contributed by atoms with Gasteiger partial charge in [0.25, 0.3) is 0 Å².